The van der Waals surface area contributed by atoms with Crippen molar-refractivity contribution >= 4 is 11.8 Å². The van der Waals surface area contributed by atoms with E-state index in [1.54, 1.807) is 12.0 Å². The minimum atomic E-state index is -0.375. The molecule has 1 saturated heterocycles. The van der Waals surface area contributed by atoms with E-state index in [0.29, 0.717) is 31.9 Å². The van der Waals surface area contributed by atoms with Crippen molar-refractivity contribution in [3.05, 3.63) is 0 Å². The Hall–Kier alpha value is -1.10. The lowest BCUT2D eigenvalue weighted by Gasteiger charge is -2.40. The molecule has 1 N–H and O–H groups in total. The molecule has 1 fully saturated rings. The Morgan fingerprint density at radius 1 is 1.30 bits per heavy atom. The quantitative estimate of drug-likeness (QED) is 0.769. The first-order chi connectivity index (χ1) is 9.40. The van der Waals surface area contributed by atoms with Gasteiger partial charge in [-0.1, -0.05) is 27.7 Å². The summed E-state index contributed by atoms with van der Waals surface area (Å²) in [4.78, 5) is 26.5. The first-order valence-electron chi connectivity index (χ1n) is 7.50. The van der Waals surface area contributed by atoms with E-state index in [0.717, 1.165) is 0 Å². The van der Waals surface area contributed by atoms with Crippen LogP contribution in [0.2, 0.25) is 0 Å². The van der Waals surface area contributed by atoms with Gasteiger partial charge in [-0.3, -0.25) is 9.59 Å². The Labute approximate surface area is 122 Å². The van der Waals surface area contributed by atoms with E-state index in [-0.39, 0.29) is 29.8 Å². The van der Waals surface area contributed by atoms with Crippen LogP contribution < -0.4 is 5.32 Å². The molecule has 0 aromatic rings. The summed E-state index contributed by atoms with van der Waals surface area (Å²) < 4.78 is 5.13. The third-order valence-corrected chi connectivity index (χ3v) is 3.63. The van der Waals surface area contributed by atoms with Crippen molar-refractivity contribution in [2.45, 2.75) is 52.6 Å². The van der Waals surface area contributed by atoms with E-state index < -0.39 is 0 Å². The molecule has 1 rings (SSSR count). The van der Waals surface area contributed by atoms with Crippen LogP contribution in [0.3, 0.4) is 0 Å². The molecule has 0 aromatic carbocycles. The van der Waals surface area contributed by atoms with Gasteiger partial charge in [-0.05, 0) is 24.7 Å². The molecule has 20 heavy (non-hydrogen) atoms. The largest absolute Gasteiger partial charge is 0.384 e. The maximum absolute atomic E-state index is 12.6. The molecule has 0 spiro atoms. The fourth-order valence-electron chi connectivity index (χ4n) is 2.75. The fraction of sp³-hybridized carbons (Fsp3) is 0.867. The summed E-state index contributed by atoms with van der Waals surface area (Å²) in [5.74, 6) is 0.625. The van der Waals surface area contributed by atoms with Crippen LogP contribution in [0.5, 0.6) is 0 Å². The molecular formula is C15H28N2O3. The van der Waals surface area contributed by atoms with E-state index >= 15 is 0 Å². The Balaban J connectivity index is 2.83. The summed E-state index contributed by atoms with van der Waals surface area (Å²) >= 11 is 0. The van der Waals surface area contributed by atoms with Gasteiger partial charge in [0.2, 0.25) is 11.8 Å². The molecule has 1 aliphatic rings. The predicted molar refractivity (Wildman–Crippen MR) is 78.2 cm³/mol. The third kappa shape index (κ3) is 4.20. The lowest BCUT2D eigenvalue weighted by atomic mass is 9.96. The molecule has 1 heterocycles. The topological polar surface area (TPSA) is 58.6 Å². The molecule has 5 heteroatoms. The average molecular weight is 284 g/mol. The first kappa shape index (κ1) is 17.0. The van der Waals surface area contributed by atoms with Gasteiger partial charge < -0.3 is 15.0 Å². The maximum atomic E-state index is 12.6. The maximum Gasteiger partial charge on any atom is 0.245 e. The van der Waals surface area contributed by atoms with E-state index in [1.165, 1.54) is 0 Å². The van der Waals surface area contributed by atoms with Crippen molar-refractivity contribution in [1.29, 1.82) is 0 Å². The molecule has 1 aliphatic heterocycles. The Morgan fingerprint density at radius 2 is 1.95 bits per heavy atom. The average Bonchev–Trinajstić information content (AvgIpc) is 2.35. The van der Waals surface area contributed by atoms with Crippen LogP contribution in [-0.2, 0) is 14.3 Å². The van der Waals surface area contributed by atoms with Crippen molar-refractivity contribution in [2.75, 3.05) is 20.3 Å². The van der Waals surface area contributed by atoms with Crippen molar-refractivity contribution in [1.82, 2.24) is 10.2 Å². The van der Waals surface area contributed by atoms with Gasteiger partial charge in [0.1, 0.15) is 12.1 Å². The molecule has 0 saturated carbocycles. The highest BCUT2D eigenvalue weighted by Gasteiger charge is 2.39. The van der Waals surface area contributed by atoms with Crippen molar-refractivity contribution in [3.63, 3.8) is 0 Å². The number of nitrogens with zero attached hydrogens (tertiary/aromatic N) is 1. The van der Waals surface area contributed by atoms with E-state index in [1.807, 2.05) is 13.8 Å². The molecule has 116 valence electrons. The molecule has 0 bridgehead atoms. The van der Waals surface area contributed by atoms with Crippen molar-refractivity contribution in [2.24, 2.45) is 11.8 Å². The van der Waals surface area contributed by atoms with Gasteiger partial charge in [0.25, 0.3) is 0 Å². The standard InChI is InChI=1S/C15H28N2O3/c1-6-13-14(18)16-12(7-10(2)3)15(19)17(13)8-11(4)9-20-5/h10-13H,6-9H2,1-5H3,(H,16,18). The SMILES string of the molecule is CCC1C(=O)NC(CC(C)C)C(=O)N1CC(C)COC. The van der Waals surface area contributed by atoms with E-state index in [2.05, 4.69) is 19.2 Å². The lowest BCUT2D eigenvalue weighted by molar-refractivity contribution is -0.150. The molecule has 2 amide bonds. The monoisotopic (exact) mass is 284 g/mol. The number of carbonyl (C=O) groups is 2. The smallest absolute Gasteiger partial charge is 0.245 e. The van der Waals surface area contributed by atoms with Crippen molar-refractivity contribution < 1.29 is 14.3 Å². The number of methoxy groups -OCH3 is 1. The summed E-state index contributed by atoms with van der Waals surface area (Å²) in [6, 6.07) is -0.717. The second-order valence-electron chi connectivity index (χ2n) is 6.17. The summed E-state index contributed by atoms with van der Waals surface area (Å²) in [6.07, 6.45) is 1.34. The summed E-state index contributed by atoms with van der Waals surface area (Å²) in [6.45, 7) is 9.26. The van der Waals surface area contributed by atoms with Gasteiger partial charge in [-0.2, -0.15) is 0 Å². The molecule has 3 unspecified atom stereocenters. The molecule has 0 aromatic heterocycles. The summed E-state index contributed by atoms with van der Waals surface area (Å²) in [7, 11) is 1.65. The minimum Gasteiger partial charge on any atom is -0.384 e. The highest BCUT2D eigenvalue weighted by Crippen LogP contribution is 2.19. The highest BCUT2D eigenvalue weighted by atomic mass is 16.5. The highest BCUT2D eigenvalue weighted by molar-refractivity contribution is 5.96. The summed E-state index contributed by atoms with van der Waals surface area (Å²) in [5, 5.41) is 2.87. The molecule has 0 aliphatic carbocycles. The zero-order chi connectivity index (χ0) is 15.3. The number of nitrogens with one attached hydrogen (secondary N) is 1. The first-order valence-corrected chi connectivity index (χ1v) is 7.50. The molecule has 3 atom stereocenters. The number of piperazine rings is 1. The third-order valence-electron chi connectivity index (χ3n) is 3.63. The number of amides is 2. The van der Waals surface area contributed by atoms with E-state index in [9.17, 15) is 9.59 Å². The van der Waals surface area contributed by atoms with Gasteiger partial charge in [-0.25, -0.2) is 0 Å². The minimum absolute atomic E-state index is 0.0256. The zero-order valence-corrected chi connectivity index (χ0v) is 13.3. The Morgan fingerprint density at radius 3 is 2.45 bits per heavy atom. The van der Waals surface area contributed by atoms with Crippen LogP contribution in [0.1, 0.15) is 40.5 Å². The normalized spacial score (nSPS) is 25.0. The van der Waals surface area contributed by atoms with Crippen LogP contribution in [0.15, 0.2) is 0 Å². The van der Waals surface area contributed by atoms with Gasteiger partial charge in [0, 0.05) is 13.7 Å². The van der Waals surface area contributed by atoms with Crippen LogP contribution >= 0.6 is 0 Å². The van der Waals surface area contributed by atoms with Gasteiger partial charge in [0.05, 0.1) is 6.61 Å². The van der Waals surface area contributed by atoms with Crippen LogP contribution in [0.25, 0.3) is 0 Å². The second kappa shape index (κ2) is 7.62. The molecule has 0 radical (unpaired) electrons. The van der Waals surface area contributed by atoms with Crippen molar-refractivity contribution in [3.8, 4) is 0 Å². The number of rotatable bonds is 7. The number of carbonyl (C=O) groups excluding carboxylic acids is 2. The Kier molecular flexibility index (Phi) is 6.46. The van der Waals surface area contributed by atoms with Gasteiger partial charge >= 0.3 is 0 Å². The predicted octanol–water partition coefficient (Wildman–Crippen LogP) is 1.42. The zero-order valence-electron chi connectivity index (χ0n) is 13.3. The van der Waals surface area contributed by atoms with E-state index in [4.69, 9.17) is 4.74 Å². The summed E-state index contributed by atoms with van der Waals surface area (Å²) in [5.41, 5.74) is 0. The number of hydrogen-bond donors (Lipinski definition) is 1. The van der Waals surface area contributed by atoms with Gasteiger partial charge in [0.15, 0.2) is 0 Å². The molecule has 5 nitrogen and oxygen atoms in total. The molecular weight excluding hydrogens is 256 g/mol. The number of hydrogen-bond acceptors (Lipinski definition) is 3. The van der Waals surface area contributed by atoms with Crippen LogP contribution in [-0.4, -0.2) is 49.1 Å². The van der Waals surface area contributed by atoms with Crippen LogP contribution in [0.4, 0.5) is 0 Å². The second-order valence-corrected chi connectivity index (χ2v) is 6.17. The van der Waals surface area contributed by atoms with Gasteiger partial charge in [-0.15, -0.1) is 0 Å². The fourth-order valence-corrected chi connectivity index (χ4v) is 2.75. The number of ether oxygens (including phenoxy) is 1. The van der Waals surface area contributed by atoms with Crippen LogP contribution in [0, 0.1) is 11.8 Å². The Bertz CT molecular complexity index is 344. The lowest BCUT2D eigenvalue weighted by Crippen LogP contribution is -2.64.